The first-order valence-corrected chi connectivity index (χ1v) is 7.82. The number of halogens is 2. The fourth-order valence-corrected chi connectivity index (χ4v) is 3.27. The highest BCUT2D eigenvalue weighted by Crippen LogP contribution is 2.15. The van der Waals surface area contributed by atoms with E-state index in [4.69, 9.17) is 0 Å². The van der Waals surface area contributed by atoms with Gasteiger partial charge in [-0.05, 0) is 6.07 Å². The lowest BCUT2D eigenvalue weighted by molar-refractivity contribution is -0.117. The highest BCUT2D eigenvalue weighted by molar-refractivity contribution is 7.99. The van der Waals surface area contributed by atoms with E-state index in [0.29, 0.717) is 17.1 Å². The summed E-state index contributed by atoms with van der Waals surface area (Å²) in [4.78, 5) is 40.2. The van der Waals surface area contributed by atoms with Crippen molar-refractivity contribution in [1.82, 2.24) is 19.4 Å². The minimum atomic E-state index is -0.436. The lowest BCUT2D eigenvalue weighted by Crippen LogP contribution is -2.38. The summed E-state index contributed by atoms with van der Waals surface area (Å²) in [7, 11) is 2.96. The average molecular weight is 394 g/mol. The Morgan fingerprint density at radius 1 is 1.33 bits per heavy atom. The van der Waals surface area contributed by atoms with E-state index >= 15 is 0 Å². The molecule has 1 aliphatic heterocycles. The molecular weight excluding hydrogens is 377 g/mol. The number of aryl methyl sites for hydroxylation is 1. The molecule has 0 aliphatic carbocycles. The van der Waals surface area contributed by atoms with Crippen LogP contribution in [0.25, 0.3) is 11.0 Å². The predicted molar refractivity (Wildman–Crippen MR) is 99.6 cm³/mol. The summed E-state index contributed by atoms with van der Waals surface area (Å²) in [6.45, 7) is 0. The topological polar surface area (TPSA) is 98.0 Å². The van der Waals surface area contributed by atoms with Crippen molar-refractivity contribution in [2.75, 3.05) is 16.9 Å². The zero-order valence-corrected chi connectivity index (χ0v) is 15.4. The van der Waals surface area contributed by atoms with Gasteiger partial charge in [-0.25, -0.2) is 9.78 Å². The molecule has 1 atom stereocenters. The summed E-state index contributed by atoms with van der Waals surface area (Å²) in [6.07, 6.45) is 1.45. The molecule has 1 saturated heterocycles. The van der Waals surface area contributed by atoms with Crippen molar-refractivity contribution >= 4 is 59.2 Å². The van der Waals surface area contributed by atoms with Crippen LogP contribution in [0.2, 0.25) is 0 Å². The molecule has 0 aromatic carbocycles. The number of thioether (sulfide) groups is 1. The van der Waals surface area contributed by atoms with Crippen molar-refractivity contribution in [3.05, 3.63) is 33.1 Å². The van der Waals surface area contributed by atoms with E-state index in [9.17, 15) is 14.4 Å². The van der Waals surface area contributed by atoms with Crippen LogP contribution in [0.5, 0.6) is 0 Å². The standard InChI is InChI=1S/C13H15N5O3S.2ClH/c1-17-10-8(12(20)18(2)13(17)21)3-7(4-14-10)16-11(19)9-5-22-6-15-9;;/h3-4,9,15H,5-6H2,1-2H3,(H,16,19);2*1H. The number of rotatable bonds is 2. The predicted octanol–water partition coefficient (Wildman–Crippen LogP) is 0.0768. The fraction of sp³-hybridized carbons (Fsp3) is 0.385. The maximum atomic E-state index is 12.2. The third-order valence-corrected chi connectivity index (χ3v) is 4.53. The number of amides is 1. The molecule has 132 valence electrons. The van der Waals surface area contributed by atoms with Gasteiger partial charge in [-0.1, -0.05) is 0 Å². The van der Waals surface area contributed by atoms with Crippen molar-refractivity contribution in [1.29, 1.82) is 0 Å². The Balaban J connectivity index is 0.00000144. The van der Waals surface area contributed by atoms with Crippen LogP contribution >= 0.6 is 36.6 Å². The van der Waals surface area contributed by atoms with Crippen LogP contribution in [-0.2, 0) is 18.9 Å². The average Bonchev–Trinajstić information content (AvgIpc) is 3.05. The van der Waals surface area contributed by atoms with E-state index in [0.717, 1.165) is 10.4 Å². The molecule has 2 aromatic rings. The second kappa shape index (κ2) is 8.02. The Labute approximate surface area is 153 Å². The minimum Gasteiger partial charge on any atom is -0.323 e. The second-order valence-corrected chi connectivity index (χ2v) is 6.09. The molecule has 0 radical (unpaired) electrons. The van der Waals surface area contributed by atoms with Gasteiger partial charge in [0.05, 0.1) is 23.3 Å². The number of carbonyl (C=O) groups excluding carboxylic acids is 1. The maximum Gasteiger partial charge on any atom is 0.332 e. The molecule has 0 spiro atoms. The molecule has 24 heavy (non-hydrogen) atoms. The Hall–Kier alpha value is -1.55. The Morgan fingerprint density at radius 2 is 2.04 bits per heavy atom. The molecule has 0 bridgehead atoms. The van der Waals surface area contributed by atoms with Gasteiger partial charge >= 0.3 is 5.69 Å². The fourth-order valence-electron chi connectivity index (χ4n) is 2.33. The normalized spacial score (nSPS) is 16.3. The first kappa shape index (κ1) is 20.5. The molecule has 11 heteroatoms. The first-order chi connectivity index (χ1) is 10.5. The first-order valence-electron chi connectivity index (χ1n) is 6.67. The van der Waals surface area contributed by atoms with E-state index in [-0.39, 0.29) is 42.1 Å². The molecule has 1 fully saturated rings. The van der Waals surface area contributed by atoms with Crippen molar-refractivity contribution in [2.45, 2.75) is 6.04 Å². The third-order valence-electron chi connectivity index (χ3n) is 3.59. The maximum absolute atomic E-state index is 12.2. The molecule has 8 nitrogen and oxygen atoms in total. The summed E-state index contributed by atoms with van der Waals surface area (Å²) >= 11 is 1.65. The number of fused-ring (bicyclic) bond motifs is 1. The molecule has 2 N–H and O–H groups in total. The van der Waals surface area contributed by atoms with E-state index in [2.05, 4.69) is 15.6 Å². The number of anilines is 1. The summed E-state index contributed by atoms with van der Waals surface area (Å²) in [5.74, 6) is 1.30. The van der Waals surface area contributed by atoms with Crippen LogP contribution in [-0.4, -0.2) is 37.7 Å². The van der Waals surface area contributed by atoms with Gasteiger partial charge in [0, 0.05) is 25.7 Å². The molecule has 0 saturated carbocycles. The van der Waals surface area contributed by atoms with Crippen LogP contribution in [0.15, 0.2) is 21.9 Å². The Bertz CT molecular complexity index is 876. The van der Waals surface area contributed by atoms with E-state index in [1.165, 1.54) is 17.8 Å². The minimum absolute atomic E-state index is 0. The van der Waals surface area contributed by atoms with Gasteiger partial charge in [-0.3, -0.25) is 24.0 Å². The lowest BCUT2D eigenvalue weighted by atomic mass is 10.2. The SMILES string of the molecule is Cl.Cl.Cn1c(=O)c2cc(NC(=O)C3CSCN3)cnc2n(C)c1=O. The third kappa shape index (κ3) is 3.59. The van der Waals surface area contributed by atoms with Crippen LogP contribution < -0.4 is 21.9 Å². The van der Waals surface area contributed by atoms with Gasteiger partial charge in [0.1, 0.15) is 5.65 Å². The summed E-state index contributed by atoms with van der Waals surface area (Å²) in [5.41, 5.74) is -0.141. The lowest BCUT2D eigenvalue weighted by Gasteiger charge is -2.11. The van der Waals surface area contributed by atoms with Crippen molar-refractivity contribution in [3.8, 4) is 0 Å². The summed E-state index contributed by atoms with van der Waals surface area (Å²) in [5, 5.41) is 6.10. The summed E-state index contributed by atoms with van der Waals surface area (Å²) < 4.78 is 2.32. The van der Waals surface area contributed by atoms with Gasteiger partial charge in [0.2, 0.25) is 5.91 Å². The molecule has 2 aromatic heterocycles. The Kier molecular flexibility index (Phi) is 6.85. The molecule has 1 aliphatic rings. The zero-order chi connectivity index (χ0) is 15.9. The van der Waals surface area contributed by atoms with Gasteiger partial charge in [-0.2, -0.15) is 0 Å². The molecule has 1 unspecified atom stereocenters. The van der Waals surface area contributed by atoms with Crippen LogP contribution in [0.4, 0.5) is 5.69 Å². The number of carbonyl (C=O) groups is 1. The number of nitrogens with zero attached hydrogens (tertiary/aromatic N) is 3. The van der Waals surface area contributed by atoms with Crippen LogP contribution in [0, 0.1) is 0 Å². The van der Waals surface area contributed by atoms with Crippen LogP contribution in [0.1, 0.15) is 0 Å². The largest absolute Gasteiger partial charge is 0.332 e. The molecule has 3 heterocycles. The monoisotopic (exact) mass is 393 g/mol. The van der Waals surface area contributed by atoms with E-state index < -0.39 is 11.2 Å². The smallest absolute Gasteiger partial charge is 0.323 e. The van der Waals surface area contributed by atoms with Crippen molar-refractivity contribution in [3.63, 3.8) is 0 Å². The highest BCUT2D eigenvalue weighted by atomic mass is 35.5. The number of pyridine rings is 1. The number of aromatic nitrogens is 3. The highest BCUT2D eigenvalue weighted by Gasteiger charge is 2.22. The molecular formula is C13H17Cl2N5O3S. The van der Waals surface area contributed by atoms with E-state index in [1.54, 1.807) is 24.9 Å². The number of nitrogens with one attached hydrogen (secondary N) is 2. The second-order valence-electron chi connectivity index (χ2n) is 5.06. The van der Waals surface area contributed by atoms with Gasteiger partial charge in [-0.15, -0.1) is 36.6 Å². The van der Waals surface area contributed by atoms with Crippen molar-refractivity contribution < 1.29 is 4.79 Å². The number of hydrogen-bond acceptors (Lipinski definition) is 6. The van der Waals surface area contributed by atoms with E-state index in [1.807, 2.05) is 0 Å². The van der Waals surface area contributed by atoms with Crippen LogP contribution in [0.3, 0.4) is 0 Å². The quantitative estimate of drug-likeness (QED) is 0.749. The van der Waals surface area contributed by atoms with Crippen molar-refractivity contribution in [2.24, 2.45) is 14.1 Å². The van der Waals surface area contributed by atoms with Gasteiger partial charge < -0.3 is 5.32 Å². The summed E-state index contributed by atoms with van der Waals surface area (Å²) in [6, 6.07) is 1.30. The zero-order valence-electron chi connectivity index (χ0n) is 12.9. The molecule has 3 rings (SSSR count). The number of hydrogen-bond donors (Lipinski definition) is 2. The van der Waals surface area contributed by atoms with Gasteiger partial charge in [0.25, 0.3) is 5.56 Å². The Morgan fingerprint density at radius 3 is 2.67 bits per heavy atom. The molecule has 1 amide bonds. The van der Waals surface area contributed by atoms with Gasteiger partial charge in [0.15, 0.2) is 0 Å².